The third kappa shape index (κ3) is 3.29. The summed E-state index contributed by atoms with van der Waals surface area (Å²) in [5.41, 5.74) is 0.301. The molecule has 0 aliphatic heterocycles. The molecule has 0 amide bonds. The first kappa shape index (κ1) is 13.9. The van der Waals surface area contributed by atoms with E-state index in [1.165, 1.54) is 17.0 Å². The van der Waals surface area contributed by atoms with Crippen LogP contribution in [0.15, 0.2) is 41.8 Å². The van der Waals surface area contributed by atoms with E-state index in [1.807, 2.05) is 31.4 Å². The number of benzene rings is 1. The molecular formula is C16H17FOS. The maximum atomic E-state index is 12.9. The summed E-state index contributed by atoms with van der Waals surface area (Å²) in [6, 6.07) is 10.2. The van der Waals surface area contributed by atoms with Crippen LogP contribution in [-0.2, 0) is 16.6 Å². The first-order valence-electron chi connectivity index (χ1n) is 6.32. The van der Waals surface area contributed by atoms with Crippen LogP contribution < -0.4 is 0 Å². The number of aryl methyl sites for hydroxylation is 1. The zero-order valence-corrected chi connectivity index (χ0v) is 12.0. The second kappa shape index (κ2) is 5.66. The Bertz CT molecular complexity index is 541. The minimum Gasteiger partial charge on any atom is -0.299 e. The van der Waals surface area contributed by atoms with Gasteiger partial charge in [-0.25, -0.2) is 4.39 Å². The Hall–Kier alpha value is -1.48. The number of Topliss-reactive ketones (excluding diaryl/α,β-unsaturated/α-hetero) is 1. The molecule has 0 fully saturated rings. The minimum absolute atomic E-state index is 0.188. The lowest BCUT2D eigenvalue weighted by Crippen LogP contribution is -2.29. The molecule has 0 bridgehead atoms. The van der Waals surface area contributed by atoms with Gasteiger partial charge in [0.15, 0.2) is 0 Å². The summed E-state index contributed by atoms with van der Waals surface area (Å²) >= 11 is 1.67. The second-order valence-electron chi connectivity index (χ2n) is 5.13. The maximum Gasteiger partial charge on any atom is 0.143 e. The van der Waals surface area contributed by atoms with Gasteiger partial charge < -0.3 is 0 Å². The van der Waals surface area contributed by atoms with E-state index in [2.05, 4.69) is 0 Å². The van der Waals surface area contributed by atoms with E-state index in [9.17, 15) is 9.18 Å². The fraction of sp³-hybridized carbons (Fsp3) is 0.312. The Morgan fingerprint density at radius 1 is 1.21 bits per heavy atom. The molecule has 1 aromatic carbocycles. The highest BCUT2D eigenvalue weighted by Crippen LogP contribution is 2.26. The minimum atomic E-state index is -0.565. The van der Waals surface area contributed by atoms with E-state index in [0.29, 0.717) is 6.42 Å². The van der Waals surface area contributed by atoms with Gasteiger partial charge in [0, 0.05) is 16.7 Å². The lowest BCUT2D eigenvalue weighted by molar-refractivity contribution is -0.123. The molecule has 2 aromatic rings. The van der Waals surface area contributed by atoms with Crippen LogP contribution >= 0.6 is 11.3 Å². The monoisotopic (exact) mass is 276 g/mol. The van der Waals surface area contributed by atoms with Crippen molar-refractivity contribution in [1.29, 1.82) is 0 Å². The summed E-state index contributed by atoms with van der Waals surface area (Å²) in [7, 11) is 0. The van der Waals surface area contributed by atoms with Crippen LogP contribution in [0.25, 0.3) is 0 Å². The van der Waals surface area contributed by atoms with E-state index in [1.54, 1.807) is 23.5 Å². The summed E-state index contributed by atoms with van der Waals surface area (Å²) in [5.74, 6) is -0.0851. The van der Waals surface area contributed by atoms with Crippen LogP contribution in [0, 0.1) is 5.82 Å². The third-order valence-corrected chi connectivity index (χ3v) is 4.38. The van der Waals surface area contributed by atoms with E-state index in [4.69, 9.17) is 0 Å². The van der Waals surface area contributed by atoms with Gasteiger partial charge >= 0.3 is 0 Å². The number of hydrogen-bond donors (Lipinski definition) is 0. The summed E-state index contributed by atoms with van der Waals surface area (Å²) in [6.07, 6.45) is 1.30. The van der Waals surface area contributed by atoms with Crippen LogP contribution in [0.3, 0.4) is 0 Å². The predicted octanol–water partition coefficient (Wildman–Crippen LogP) is 4.37. The molecule has 0 saturated heterocycles. The van der Waals surface area contributed by atoms with E-state index in [-0.39, 0.29) is 11.6 Å². The average Bonchev–Trinajstić information content (AvgIpc) is 2.89. The van der Waals surface area contributed by atoms with Gasteiger partial charge in [-0.2, -0.15) is 0 Å². The van der Waals surface area contributed by atoms with Crippen molar-refractivity contribution in [2.45, 2.75) is 32.1 Å². The third-order valence-electron chi connectivity index (χ3n) is 3.44. The quantitative estimate of drug-likeness (QED) is 0.792. The van der Waals surface area contributed by atoms with Crippen LogP contribution in [0.5, 0.6) is 0 Å². The van der Waals surface area contributed by atoms with Gasteiger partial charge in [0.1, 0.15) is 11.6 Å². The van der Waals surface area contributed by atoms with Crippen molar-refractivity contribution >= 4 is 17.1 Å². The Morgan fingerprint density at radius 3 is 2.47 bits per heavy atom. The SMILES string of the molecule is CC(C)(C(=O)CCc1cccs1)c1ccc(F)cc1. The predicted molar refractivity (Wildman–Crippen MR) is 77.1 cm³/mol. The molecule has 1 aromatic heterocycles. The van der Waals surface area contributed by atoms with Gasteiger partial charge in [-0.05, 0) is 49.4 Å². The molecule has 3 heteroatoms. The molecule has 1 nitrogen and oxygen atoms in total. The van der Waals surface area contributed by atoms with Gasteiger partial charge in [0.05, 0.1) is 0 Å². The Labute approximate surface area is 117 Å². The first-order chi connectivity index (χ1) is 9.00. The molecule has 19 heavy (non-hydrogen) atoms. The van der Waals surface area contributed by atoms with Crippen molar-refractivity contribution in [2.24, 2.45) is 0 Å². The number of rotatable bonds is 5. The van der Waals surface area contributed by atoms with Crippen molar-refractivity contribution in [3.05, 3.63) is 58.0 Å². The van der Waals surface area contributed by atoms with Crippen molar-refractivity contribution in [2.75, 3.05) is 0 Å². The van der Waals surface area contributed by atoms with E-state index in [0.717, 1.165) is 12.0 Å². The second-order valence-corrected chi connectivity index (χ2v) is 6.17. The zero-order chi connectivity index (χ0) is 13.9. The van der Waals surface area contributed by atoms with Crippen molar-refractivity contribution < 1.29 is 9.18 Å². The smallest absolute Gasteiger partial charge is 0.143 e. The lowest BCUT2D eigenvalue weighted by Gasteiger charge is -2.23. The van der Waals surface area contributed by atoms with Gasteiger partial charge in [0.2, 0.25) is 0 Å². The topological polar surface area (TPSA) is 17.1 Å². The fourth-order valence-corrected chi connectivity index (χ4v) is 2.74. The molecule has 100 valence electrons. The largest absolute Gasteiger partial charge is 0.299 e. The number of thiophene rings is 1. The summed E-state index contributed by atoms with van der Waals surface area (Å²) in [4.78, 5) is 13.6. The van der Waals surface area contributed by atoms with Crippen molar-refractivity contribution in [3.63, 3.8) is 0 Å². The lowest BCUT2D eigenvalue weighted by atomic mass is 9.79. The fourth-order valence-electron chi connectivity index (χ4n) is 2.03. The van der Waals surface area contributed by atoms with Gasteiger partial charge in [-0.3, -0.25) is 4.79 Å². The van der Waals surface area contributed by atoms with Gasteiger partial charge in [0.25, 0.3) is 0 Å². The normalized spacial score (nSPS) is 11.5. The highest BCUT2D eigenvalue weighted by molar-refractivity contribution is 7.09. The molecular weight excluding hydrogens is 259 g/mol. The standard InChI is InChI=1S/C16H17FOS/c1-16(2,12-5-7-13(17)8-6-12)15(18)10-9-14-4-3-11-19-14/h3-8,11H,9-10H2,1-2H3. The molecule has 2 rings (SSSR count). The molecule has 0 N–H and O–H groups in total. The molecule has 0 aliphatic rings. The summed E-state index contributed by atoms with van der Waals surface area (Å²) in [5, 5.41) is 2.02. The van der Waals surface area contributed by atoms with E-state index < -0.39 is 5.41 Å². The maximum absolute atomic E-state index is 12.9. The van der Waals surface area contributed by atoms with Crippen molar-refractivity contribution in [1.82, 2.24) is 0 Å². The molecule has 0 spiro atoms. The number of carbonyl (C=O) groups is 1. The van der Waals surface area contributed by atoms with Crippen LogP contribution in [-0.4, -0.2) is 5.78 Å². The van der Waals surface area contributed by atoms with Crippen LogP contribution in [0.1, 0.15) is 30.7 Å². The Balaban J connectivity index is 2.06. The molecule has 0 unspecified atom stereocenters. The number of halogens is 1. The molecule has 0 atom stereocenters. The number of carbonyl (C=O) groups excluding carboxylic acids is 1. The van der Waals surface area contributed by atoms with Gasteiger partial charge in [-0.15, -0.1) is 11.3 Å². The van der Waals surface area contributed by atoms with Crippen LogP contribution in [0.2, 0.25) is 0 Å². The molecule has 1 heterocycles. The van der Waals surface area contributed by atoms with E-state index >= 15 is 0 Å². The molecule has 0 aliphatic carbocycles. The molecule has 0 saturated carbocycles. The Kier molecular flexibility index (Phi) is 4.15. The van der Waals surface area contributed by atoms with Crippen molar-refractivity contribution in [3.8, 4) is 0 Å². The first-order valence-corrected chi connectivity index (χ1v) is 7.20. The van der Waals surface area contributed by atoms with Gasteiger partial charge in [-0.1, -0.05) is 18.2 Å². The van der Waals surface area contributed by atoms with Crippen LogP contribution in [0.4, 0.5) is 4.39 Å². The average molecular weight is 276 g/mol. The summed E-state index contributed by atoms with van der Waals surface area (Å²) < 4.78 is 12.9. The number of hydrogen-bond acceptors (Lipinski definition) is 2. The summed E-state index contributed by atoms with van der Waals surface area (Å²) in [6.45, 7) is 3.80. The highest BCUT2D eigenvalue weighted by Gasteiger charge is 2.28. The molecule has 0 radical (unpaired) electrons. The number of ketones is 1. The Morgan fingerprint density at radius 2 is 1.89 bits per heavy atom. The zero-order valence-electron chi connectivity index (χ0n) is 11.2. The highest BCUT2D eigenvalue weighted by atomic mass is 32.1.